The number of anilines is 1. The largest absolute Gasteiger partial charge is 0.465 e. The van der Waals surface area contributed by atoms with Gasteiger partial charge in [0, 0.05) is 24.3 Å². The van der Waals surface area contributed by atoms with Crippen LogP contribution in [0, 0.1) is 11.2 Å². The molecule has 2 N–H and O–H groups in total. The molecule has 3 rings (SSSR count). The third-order valence-corrected chi connectivity index (χ3v) is 5.51. The van der Waals surface area contributed by atoms with Crippen LogP contribution in [0.5, 0.6) is 0 Å². The molecule has 1 heterocycles. The molecular weight excluding hydrogens is 355 g/mol. The molecule has 0 saturated carbocycles. The summed E-state index contributed by atoms with van der Waals surface area (Å²) in [5.74, 6) is -0.246. The fourth-order valence-electron chi connectivity index (χ4n) is 4.03. The summed E-state index contributed by atoms with van der Waals surface area (Å²) in [4.78, 5) is 13.2. The summed E-state index contributed by atoms with van der Waals surface area (Å²) in [5, 5.41) is 13.1. The Balaban J connectivity index is 1.79. The van der Waals surface area contributed by atoms with Crippen molar-refractivity contribution in [3.8, 4) is 0 Å². The average Bonchev–Trinajstić information content (AvgIpc) is 2.64. The van der Waals surface area contributed by atoms with Crippen LogP contribution in [0.15, 0.2) is 48.5 Å². The smallest absolute Gasteiger partial charge is 0.407 e. The van der Waals surface area contributed by atoms with E-state index in [4.69, 9.17) is 0 Å². The van der Waals surface area contributed by atoms with Gasteiger partial charge in [0.15, 0.2) is 0 Å². The summed E-state index contributed by atoms with van der Waals surface area (Å²) in [6.45, 7) is 6.74. The lowest BCUT2D eigenvalue weighted by atomic mass is 9.79. The zero-order valence-corrected chi connectivity index (χ0v) is 16.8. The molecule has 1 aliphatic heterocycles. The third-order valence-electron chi connectivity index (χ3n) is 5.51. The van der Waals surface area contributed by atoms with Gasteiger partial charge >= 0.3 is 6.09 Å². The van der Waals surface area contributed by atoms with Gasteiger partial charge in [0.05, 0.1) is 0 Å². The number of hydrogen-bond acceptors (Lipinski definition) is 2. The number of halogens is 1. The fraction of sp³-hybridized carbons (Fsp3) is 0.435. The van der Waals surface area contributed by atoms with Gasteiger partial charge < -0.3 is 15.3 Å². The van der Waals surface area contributed by atoms with Crippen LogP contribution in [-0.4, -0.2) is 34.7 Å². The predicted octanol–water partition coefficient (Wildman–Crippen LogP) is 5.39. The van der Waals surface area contributed by atoms with Crippen molar-refractivity contribution in [3.63, 3.8) is 0 Å². The summed E-state index contributed by atoms with van der Waals surface area (Å²) in [6.07, 6.45) is 1.27. The Bertz CT molecular complexity index is 817. The van der Waals surface area contributed by atoms with E-state index in [-0.39, 0.29) is 23.3 Å². The number of piperidine rings is 1. The second-order valence-electron chi connectivity index (χ2n) is 8.69. The molecule has 1 fully saturated rings. The summed E-state index contributed by atoms with van der Waals surface area (Å²) in [6, 6.07) is 15.0. The van der Waals surface area contributed by atoms with Crippen LogP contribution >= 0.6 is 0 Å². The first-order valence-corrected chi connectivity index (χ1v) is 9.82. The lowest BCUT2D eigenvalue weighted by Gasteiger charge is -2.45. The van der Waals surface area contributed by atoms with E-state index in [2.05, 4.69) is 26.1 Å². The zero-order chi connectivity index (χ0) is 20.3. The molecule has 1 aliphatic rings. The second kappa shape index (κ2) is 8.21. The van der Waals surface area contributed by atoms with Crippen molar-refractivity contribution in [1.29, 1.82) is 0 Å². The normalized spacial score (nSPS) is 20.1. The van der Waals surface area contributed by atoms with Gasteiger partial charge in [0.1, 0.15) is 5.82 Å². The first-order chi connectivity index (χ1) is 13.2. The highest BCUT2D eigenvalue weighted by molar-refractivity contribution is 5.66. The van der Waals surface area contributed by atoms with Gasteiger partial charge in [-0.15, -0.1) is 0 Å². The van der Waals surface area contributed by atoms with Crippen LogP contribution in [0.1, 0.15) is 44.7 Å². The van der Waals surface area contributed by atoms with Crippen molar-refractivity contribution in [3.05, 3.63) is 65.5 Å². The van der Waals surface area contributed by atoms with Gasteiger partial charge in [-0.3, -0.25) is 0 Å². The lowest BCUT2D eigenvalue weighted by Crippen LogP contribution is -2.54. The molecule has 2 unspecified atom stereocenters. The Kier molecular flexibility index (Phi) is 5.92. The molecule has 0 aromatic heterocycles. The minimum absolute atomic E-state index is 0.0609. The van der Waals surface area contributed by atoms with Gasteiger partial charge in [-0.1, -0.05) is 51.1 Å². The fourth-order valence-corrected chi connectivity index (χ4v) is 4.03. The topological polar surface area (TPSA) is 52.6 Å². The third kappa shape index (κ3) is 4.83. The molecule has 0 aliphatic carbocycles. The van der Waals surface area contributed by atoms with E-state index < -0.39 is 6.09 Å². The molecular formula is C23H29FN2O2. The Morgan fingerprint density at radius 2 is 1.93 bits per heavy atom. The summed E-state index contributed by atoms with van der Waals surface area (Å²) < 4.78 is 13.9. The maximum Gasteiger partial charge on any atom is 0.407 e. The van der Waals surface area contributed by atoms with Crippen LogP contribution in [0.2, 0.25) is 0 Å². The van der Waals surface area contributed by atoms with Gasteiger partial charge in [0.2, 0.25) is 0 Å². The van der Waals surface area contributed by atoms with Gasteiger partial charge in [0.25, 0.3) is 0 Å². The molecule has 4 nitrogen and oxygen atoms in total. The molecule has 2 aromatic rings. The maximum absolute atomic E-state index is 13.9. The van der Waals surface area contributed by atoms with E-state index in [1.54, 1.807) is 17.0 Å². The summed E-state index contributed by atoms with van der Waals surface area (Å²) >= 11 is 0. The minimum atomic E-state index is -0.857. The molecule has 0 radical (unpaired) electrons. The number of amides is 1. The average molecular weight is 384 g/mol. The Hall–Kier alpha value is -2.56. The number of carboxylic acid groups (broad SMARTS) is 1. The quantitative estimate of drug-likeness (QED) is 0.743. The van der Waals surface area contributed by atoms with Crippen LogP contribution in [0.4, 0.5) is 14.9 Å². The number of likely N-dealkylation sites (tertiary alicyclic amines) is 1. The highest BCUT2D eigenvalue weighted by Gasteiger charge is 2.38. The predicted molar refractivity (Wildman–Crippen MR) is 110 cm³/mol. The monoisotopic (exact) mass is 384 g/mol. The van der Waals surface area contributed by atoms with Crippen molar-refractivity contribution < 1.29 is 14.3 Å². The molecule has 1 saturated heterocycles. The highest BCUT2D eigenvalue weighted by atomic mass is 19.1. The van der Waals surface area contributed by atoms with Crippen LogP contribution < -0.4 is 5.32 Å². The zero-order valence-electron chi connectivity index (χ0n) is 16.8. The molecule has 5 heteroatoms. The molecule has 2 aromatic carbocycles. The lowest BCUT2D eigenvalue weighted by molar-refractivity contribution is 0.0557. The first kappa shape index (κ1) is 20.2. The number of hydrogen-bond donors (Lipinski definition) is 2. The van der Waals surface area contributed by atoms with Crippen molar-refractivity contribution in [1.82, 2.24) is 4.90 Å². The van der Waals surface area contributed by atoms with Gasteiger partial charge in [-0.2, -0.15) is 0 Å². The van der Waals surface area contributed by atoms with E-state index in [1.165, 1.54) is 6.07 Å². The number of nitrogens with one attached hydrogen (secondary N) is 1. The van der Waals surface area contributed by atoms with E-state index >= 15 is 0 Å². The van der Waals surface area contributed by atoms with Crippen molar-refractivity contribution in [2.24, 2.45) is 5.41 Å². The summed E-state index contributed by atoms with van der Waals surface area (Å²) in [7, 11) is 0. The molecule has 28 heavy (non-hydrogen) atoms. The molecule has 1 amide bonds. The highest BCUT2D eigenvalue weighted by Crippen LogP contribution is 2.34. The van der Waals surface area contributed by atoms with Crippen molar-refractivity contribution in [2.75, 3.05) is 11.9 Å². The summed E-state index contributed by atoms with van der Waals surface area (Å²) in [5.41, 5.74) is 2.82. The Morgan fingerprint density at radius 1 is 1.21 bits per heavy atom. The molecule has 2 atom stereocenters. The second-order valence-corrected chi connectivity index (χ2v) is 8.69. The molecule has 150 valence electrons. The number of carbonyl (C=O) groups is 1. The van der Waals surface area contributed by atoms with Crippen molar-refractivity contribution >= 4 is 11.8 Å². The van der Waals surface area contributed by atoms with E-state index in [1.807, 2.05) is 30.3 Å². The van der Waals surface area contributed by atoms with Crippen LogP contribution in [0.25, 0.3) is 0 Å². The van der Waals surface area contributed by atoms with Gasteiger partial charge in [-0.25, -0.2) is 9.18 Å². The standard InChI is InChI=1S/C23H29FN2O2/c1-23(2,3)21-15-19(11-12-26(21)22(27)28)25-20-10-9-18(24)14-17(20)13-16-7-5-4-6-8-16/h4-10,14,19,21,25H,11-13,15H2,1-3H3,(H,27,28). The minimum Gasteiger partial charge on any atom is -0.465 e. The molecule has 0 spiro atoms. The van der Waals surface area contributed by atoms with E-state index in [0.717, 1.165) is 29.7 Å². The first-order valence-electron chi connectivity index (χ1n) is 9.82. The van der Waals surface area contributed by atoms with E-state index in [0.29, 0.717) is 13.0 Å². The Morgan fingerprint density at radius 3 is 2.57 bits per heavy atom. The number of nitrogens with zero attached hydrogens (tertiary/aromatic N) is 1. The molecule has 0 bridgehead atoms. The van der Waals surface area contributed by atoms with E-state index in [9.17, 15) is 14.3 Å². The Labute approximate surface area is 166 Å². The number of benzene rings is 2. The van der Waals surface area contributed by atoms with Crippen LogP contribution in [-0.2, 0) is 6.42 Å². The SMILES string of the molecule is CC(C)(C)C1CC(Nc2ccc(F)cc2Cc2ccccc2)CCN1C(=O)O. The maximum atomic E-state index is 13.9. The number of rotatable bonds is 4. The van der Waals surface area contributed by atoms with Crippen molar-refractivity contribution in [2.45, 2.75) is 52.1 Å². The van der Waals surface area contributed by atoms with Gasteiger partial charge in [-0.05, 0) is 54.0 Å². The van der Waals surface area contributed by atoms with Crippen LogP contribution in [0.3, 0.4) is 0 Å².